The molecule has 1 unspecified atom stereocenters. The van der Waals surface area contributed by atoms with Crippen molar-refractivity contribution < 1.29 is 5.11 Å². The maximum Gasteiger partial charge on any atom is 0.152 e. The standard InChI is InChI=1S/C13H18N4O/c1-9-6-10-11(4-3-5-12(10)18)17(9)7-13-15-14-8-16(13)2/h6,8,12,18H,3-5,7H2,1-2H3. The molecule has 18 heavy (non-hydrogen) atoms. The zero-order valence-corrected chi connectivity index (χ0v) is 10.8. The Bertz CT molecular complexity index is 570. The van der Waals surface area contributed by atoms with E-state index < -0.39 is 0 Å². The summed E-state index contributed by atoms with van der Waals surface area (Å²) in [7, 11) is 1.95. The molecule has 2 heterocycles. The Hall–Kier alpha value is -1.62. The second-order valence-electron chi connectivity index (χ2n) is 5.04. The third kappa shape index (κ3) is 1.75. The predicted molar refractivity (Wildman–Crippen MR) is 67.2 cm³/mol. The lowest BCUT2D eigenvalue weighted by atomic mass is 9.95. The van der Waals surface area contributed by atoms with Crippen LogP contribution in [-0.4, -0.2) is 24.4 Å². The Morgan fingerprint density at radius 3 is 3.06 bits per heavy atom. The summed E-state index contributed by atoms with van der Waals surface area (Å²) in [4.78, 5) is 0. The number of hydrogen-bond acceptors (Lipinski definition) is 3. The van der Waals surface area contributed by atoms with Gasteiger partial charge in [0.15, 0.2) is 5.82 Å². The van der Waals surface area contributed by atoms with Crippen molar-refractivity contribution in [1.29, 1.82) is 0 Å². The number of rotatable bonds is 2. The minimum atomic E-state index is -0.298. The van der Waals surface area contributed by atoms with Crippen molar-refractivity contribution in [1.82, 2.24) is 19.3 Å². The number of aliphatic hydroxyl groups is 1. The van der Waals surface area contributed by atoms with Gasteiger partial charge in [-0.25, -0.2) is 0 Å². The molecule has 1 atom stereocenters. The van der Waals surface area contributed by atoms with Gasteiger partial charge in [-0.15, -0.1) is 10.2 Å². The van der Waals surface area contributed by atoms with E-state index in [0.29, 0.717) is 0 Å². The minimum absolute atomic E-state index is 0.298. The molecule has 1 aliphatic carbocycles. The average molecular weight is 246 g/mol. The van der Waals surface area contributed by atoms with Crippen LogP contribution in [0.25, 0.3) is 0 Å². The van der Waals surface area contributed by atoms with Crippen molar-refractivity contribution in [3.63, 3.8) is 0 Å². The maximum absolute atomic E-state index is 10.0. The normalized spacial score (nSPS) is 18.9. The van der Waals surface area contributed by atoms with Crippen molar-refractivity contribution in [2.24, 2.45) is 7.05 Å². The van der Waals surface area contributed by atoms with Crippen molar-refractivity contribution in [2.75, 3.05) is 0 Å². The molecule has 2 aromatic heterocycles. The fraction of sp³-hybridized carbons (Fsp3) is 0.538. The SMILES string of the molecule is Cc1cc2c(n1Cc1nncn1C)CCCC2O. The minimum Gasteiger partial charge on any atom is -0.388 e. The molecule has 0 spiro atoms. The Kier molecular flexibility index (Phi) is 2.70. The van der Waals surface area contributed by atoms with Crippen molar-refractivity contribution in [3.05, 3.63) is 35.2 Å². The first kappa shape index (κ1) is 11.5. The van der Waals surface area contributed by atoms with E-state index in [0.717, 1.165) is 37.2 Å². The molecule has 0 fully saturated rings. The summed E-state index contributed by atoms with van der Waals surface area (Å²) in [5, 5.41) is 18.1. The molecule has 0 bridgehead atoms. The van der Waals surface area contributed by atoms with Crippen molar-refractivity contribution in [3.8, 4) is 0 Å². The second kappa shape index (κ2) is 4.24. The van der Waals surface area contributed by atoms with Crippen molar-refractivity contribution >= 4 is 0 Å². The summed E-state index contributed by atoms with van der Waals surface area (Å²) in [5.41, 5.74) is 3.54. The molecular weight excluding hydrogens is 228 g/mol. The number of aromatic nitrogens is 4. The molecule has 0 aliphatic heterocycles. The average Bonchev–Trinajstić information content (AvgIpc) is 2.87. The zero-order chi connectivity index (χ0) is 12.7. The lowest BCUT2D eigenvalue weighted by Crippen LogP contribution is -2.14. The highest BCUT2D eigenvalue weighted by Gasteiger charge is 2.23. The van der Waals surface area contributed by atoms with Gasteiger partial charge in [0, 0.05) is 24.0 Å². The van der Waals surface area contributed by atoms with Crippen LogP contribution in [0.3, 0.4) is 0 Å². The fourth-order valence-corrected chi connectivity index (χ4v) is 2.75. The number of nitrogens with zero attached hydrogens (tertiary/aromatic N) is 4. The van der Waals surface area contributed by atoms with E-state index in [4.69, 9.17) is 0 Å². The molecule has 0 aromatic carbocycles. The molecule has 2 aromatic rings. The van der Waals surface area contributed by atoms with Gasteiger partial charge in [-0.3, -0.25) is 0 Å². The predicted octanol–water partition coefficient (Wildman–Crippen LogP) is 1.34. The van der Waals surface area contributed by atoms with Crippen LogP contribution in [0.2, 0.25) is 0 Å². The summed E-state index contributed by atoms with van der Waals surface area (Å²) < 4.78 is 4.19. The van der Waals surface area contributed by atoms with Crippen LogP contribution in [0.4, 0.5) is 0 Å². The van der Waals surface area contributed by atoms with Crippen LogP contribution < -0.4 is 0 Å². The summed E-state index contributed by atoms with van der Waals surface area (Å²) >= 11 is 0. The van der Waals surface area contributed by atoms with Crippen LogP contribution in [0.15, 0.2) is 12.4 Å². The van der Waals surface area contributed by atoms with Crippen LogP contribution >= 0.6 is 0 Å². The van der Waals surface area contributed by atoms with Crippen LogP contribution in [-0.2, 0) is 20.0 Å². The second-order valence-corrected chi connectivity index (χ2v) is 5.04. The Morgan fingerprint density at radius 1 is 1.50 bits per heavy atom. The molecule has 96 valence electrons. The highest BCUT2D eigenvalue weighted by molar-refractivity contribution is 5.32. The monoisotopic (exact) mass is 246 g/mol. The van der Waals surface area contributed by atoms with E-state index in [1.165, 1.54) is 11.4 Å². The van der Waals surface area contributed by atoms with E-state index >= 15 is 0 Å². The fourth-order valence-electron chi connectivity index (χ4n) is 2.75. The number of hydrogen-bond donors (Lipinski definition) is 1. The van der Waals surface area contributed by atoms with Gasteiger partial charge in [-0.2, -0.15) is 0 Å². The Labute approximate surface area is 106 Å². The van der Waals surface area contributed by atoms with E-state index in [9.17, 15) is 5.11 Å². The summed E-state index contributed by atoms with van der Waals surface area (Å²) in [5.74, 6) is 0.941. The third-order valence-electron chi connectivity index (χ3n) is 3.80. The smallest absolute Gasteiger partial charge is 0.152 e. The van der Waals surface area contributed by atoms with Gasteiger partial charge in [0.2, 0.25) is 0 Å². The van der Waals surface area contributed by atoms with Crippen LogP contribution in [0, 0.1) is 6.92 Å². The molecule has 0 amide bonds. The quantitative estimate of drug-likeness (QED) is 0.870. The topological polar surface area (TPSA) is 55.9 Å². The van der Waals surface area contributed by atoms with Gasteiger partial charge in [0.1, 0.15) is 6.33 Å². The lowest BCUT2D eigenvalue weighted by molar-refractivity contribution is 0.155. The van der Waals surface area contributed by atoms with Gasteiger partial charge in [0.05, 0.1) is 12.6 Å². The summed E-state index contributed by atoms with van der Waals surface area (Å²) in [6.07, 6.45) is 4.39. The highest BCUT2D eigenvalue weighted by Crippen LogP contribution is 2.32. The molecule has 0 saturated carbocycles. The highest BCUT2D eigenvalue weighted by atomic mass is 16.3. The first-order chi connectivity index (χ1) is 8.66. The maximum atomic E-state index is 10.0. The van der Waals surface area contributed by atoms with Gasteiger partial charge < -0.3 is 14.2 Å². The number of aliphatic hydroxyl groups excluding tert-OH is 1. The zero-order valence-electron chi connectivity index (χ0n) is 10.8. The Morgan fingerprint density at radius 2 is 2.33 bits per heavy atom. The first-order valence-corrected chi connectivity index (χ1v) is 6.36. The lowest BCUT2D eigenvalue weighted by Gasteiger charge is -2.20. The largest absolute Gasteiger partial charge is 0.388 e. The summed E-state index contributed by atoms with van der Waals surface area (Å²) in [6, 6.07) is 2.11. The summed E-state index contributed by atoms with van der Waals surface area (Å²) in [6.45, 7) is 2.81. The van der Waals surface area contributed by atoms with E-state index in [2.05, 4.69) is 27.8 Å². The van der Waals surface area contributed by atoms with E-state index in [1.807, 2.05) is 11.6 Å². The molecule has 0 saturated heterocycles. The first-order valence-electron chi connectivity index (χ1n) is 6.36. The Balaban J connectivity index is 2.00. The molecule has 3 rings (SSSR count). The van der Waals surface area contributed by atoms with Gasteiger partial charge in [-0.1, -0.05) is 0 Å². The van der Waals surface area contributed by atoms with Crippen molar-refractivity contribution in [2.45, 2.75) is 38.8 Å². The van der Waals surface area contributed by atoms with Gasteiger partial charge >= 0.3 is 0 Å². The van der Waals surface area contributed by atoms with E-state index in [1.54, 1.807) is 6.33 Å². The van der Waals surface area contributed by atoms with Crippen LogP contribution in [0.1, 0.15) is 41.7 Å². The third-order valence-corrected chi connectivity index (χ3v) is 3.80. The van der Waals surface area contributed by atoms with Crippen LogP contribution in [0.5, 0.6) is 0 Å². The molecule has 1 N–H and O–H groups in total. The molecule has 5 nitrogen and oxygen atoms in total. The molecule has 1 aliphatic rings. The number of aryl methyl sites for hydroxylation is 2. The van der Waals surface area contributed by atoms with E-state index in [-0.39, 0.29) is 6.10 Å². The number of fused-ring (bicyclic) bond motifs is 1. The molecule has 0 radical (unpaired) electrons. The van der Waals surface area contributed by atoms with Gasteiger partial charge in [0.25, 0.3) is 0 Å². The van der Waals surface area contributed by atoms with Gasteiger partial charge in [-0.05, 0) is 32.3 Å². The molecule has 5 heteroatoms. The molecular formula is C13H18N4O.